The number of nitrogens with two attached hydrogens (primary N) is 1. The fraction of sp³-hybridized carbons (Fsp3) is 0.917. The summed E-state index contributed by atoms with van der Waals surface area (Å²) < 4.78 is 25.3. The van der Waals surface area contributed by atoms with Gasteiger partial charge in [0.1, 0.15) is 0 Å². The molecular weight excluding hydrogens is 391 g/mol. The zero-order valence-corrected chi connectivity index (χ0v) is 15.6. The summed E-state index contributed by atoms with van der Waals surface area (Å²) in [5.74, 6) is 0.804. The van der Waals surface area contributed by atoms with Crippen LogP contribution in [0.4, 0.5) is 0 Å². The fourth-order valence-electron chi connectivity index (χ4n) is 2.54. The highest BCUT2D eigenvalue weighted by Crippen LogP contribution is 2.26. The van der Waals surface area contributed by atoms with Crippen LogP contribution in [0.1, 0.15) is 33.1 Å². The topological polar surface area (TPSA) is 87.8 Å². The smallest absolute Gasteiger partial charge is 0.208 e. The molecule has 8 heteroatoms. The van der Waals surface area contributed by atoms with Crippen LogP contribution in [-0.2, 0) is 10.0 Å². The summed E-state index contributed by atoms with van der Waals surface area (Å²) in [7, 11) is -3.14. The Kier molecular flexibility index (Phi) is 8.99. The third kappa shape index (κ3) is 6.57. The number of nitrogens with zero attached hydrogens (tertiary/aromatic N) is 2. The molecule has 0 aromatic carbocycles. The first-order valence-corrected chi connectivity index (χ1v) is 8.78. The Morgan fingerprint density at radius 2 is 1.95 bits per heavy atom. The van der Waals surface area contributed by atoms with Gasteiger partial charge in [-0.25, -0.2) is 13.1 Å². The molecule has 20 heavy (non-hydrogen) atoms. The molecule has 2 atom stereocenters. The van der Waals surface area contributed by atoms with E-state index in [4.69, 9.17) is 5.73 Å². The van der Waals surface area contributed by atoms with Crippen molar-refractivity contribution in [3.05, 3.63) is 0 Å². The molecule has 1 rings (SSSR count). The van der Waals surface area contributed by atoms with Gasteiger partial charge in [-0.1, -0.05) is 6.42 Å². The summed E-state index contributed by atoms with van der Waals surface area (Å²) in [6.07, 6.45) is 4.13. The van der Waals surface area contributed by atoms with Crippen LogP contribution in [0.3, 0.4) is 0 Å². The number of rotatable bonds is 6. The maximum Gasteiger partial charge on any atom is 0.208 e. The average Bonchev–Trinajstić information content (AvgIpc) is 2.73. The van der Waals surface area contributed by atoms with E-state index in [-0.39, 0.29) is 35.9 Å². The SMILES string of the molecule is CCN(CC)C(N)=NCC1CCCC1NS(C)(=O)=O.I. The molecule has 2 unspecified atom stereocenters. The van der Waals surface area contributed by atoms with Gasteiger partial charge in [-0.3, -0.25) is 4.99 Å². The van der Waals surface area contributed by atoms with E-state index in [2.05, 4.69) is 9.71 Å². The van der Waals surface area contributed by atoms with E-state index in [1.54, 1.807) is 0 Å². The van der Waals surface area contributed by atoms with E-state index >= 15 is 0 Å². The van der Waals surface area contributed by atoms with E-state index in [9.17, 15) is 8.42 Å². The standard InChI is InChI=1S/C12H26N4O2S.HI/c1-4-16(5-2)12(13)14-9-10-7-6-8-11(10)15-19(3,17)18;/h10-11,15H,4-9H2,1-3H3,(H2,13,14);1H. The Balaban J connectivity index is 0.00000361. The van der Waals surface area contributed by atoms with Crippen molar-refractivity contribution in [2.45, 2.75) is 39.2 Å². The average molecular weight is 418 g/mol. The predicted octanol–water partition coefficient (Wildman–Crippen LogP) is 0.979. The molecule has 6 nitrogen and oxygen atoms in total. The summed E-state index contributed by atoms with van der Waals surface area (Å²) >= 11 is 0. The number of nitrogens with one attached hydrogen (secondary N) is 1. The zero-order valence-electron chi connectivity index (χ0n) is 12.5. The molecule has 0 saturated heterocycles. The molecule has 1 aliphatic rings. The lowest BCUT2D eigenvalue weighted by atomic mass is 10.1. The lowest BCUT2D eigenvalue weighted by Gasteiger charge is -2.22. The highest BCUT2D eigenvalue weighted by molar-refractivity contribution is 14.0. The fourth-order valence-corrected chi connectivity index (χ4v) is 3.40. The number of halogens is 1. The first-order chi connectivity index (χ1) is 8.87. The highest BCUT2D eigenvalue weighted by Gasteiger charge is 2.29. The molecule has 1 aliphatic carbocycles. The van der Waals surface area contributed by atoms with E-state index in [0.717, 1.165) is 32.4 Å². The minimum absolute atomic E-state index is 0. The van der Waals surface area contributed by atoms with Crippen molar-refractivity contribution in [2.24, 2.45) is 16.6 Å². The van der Waals surface area contributed by atoms with Crippen LogP contribution in [0.5, 0.6) is 0 Å². The maximum atomic E-state index is 11.3. The third-order valence-electron chi connectivity index (χ3n) is 3.60. The molecule has 0 aromatic rings. The van der Waals surface area contributed by atoms with Gasteiger partial charge in [-0.2, -0.15) is 0 Å². The van der Waals surface area contributed by atoms with Crippen molar-refractivity contribution in [1.82, 2.24) is 9.62 Å². The highest BCUT2D eigenvalue weighted by atomic mass is 127. The molecule has 0 spiro atoms. The van der Waals surface area contributed by atoms with E-state index in [1.807, 2.05) is 18.7 Å². The van der Waals surface area contributed by atoms with Gasteiger partial charge in [0.15, 0.2) is 5.96 Å². The second-order valence-corrected chi connectivity index (χ2v) is 6.84. The van der Waals surface area contributed by atoms with Crippen LogP contribution < -0.4 is 10.5 Å². The Morgan fingerprint density at radius 3 is 2.45 bits per heavy atom. The zero-order chi connectivity index (χ0) is 14.5. The molecule has 0 bridgehead atoms. The predicted molar refractivity (Wildman–Crippen MR) is 93.9 cm³/mol. The summed E-state index contributed by atoms with van der Waals surface area (Å²) in [5, 5.41) is 0. The second kappa shape index (κ2) is 9.04. The molecule has 0 radical (unpaired) electrons. The Morgan fingerprint density at radius 1 is 1.35 bits per heavy atom. The number of sulfonamides is 1. The van der Waals surface area contributed by atoms with Gasteiger partial charge < -0.3 is 10.6 Å². The number of aliphatic imine (C=N–C) groups is 1. The first kappa shape index (κ1) is 19.9. The molecule has 0 aromatic heterocycles. The van der Waals surface area contributed by atoms with Crippen molar-refractivity contribution < 1.29 is 8.42 Å². The van der Waals surface area contributed by atoms with Crippen LogP contribution in [0.2, 0.25) is 0 Å². The van der Waals surface area contributed by atoms with Gasteiger partial charge >= 0.3 is 0 Å². The molecule has 120 valence electrons. The minimum Gasteiger partial charge on any atom is -0.370 e. The molecule has 0 aliphatic heterocycles. The summed E-state index contributed by atoms with van der Waals surface area (Å²) in [4.78, 5) is 6.41. The molecule has 0 amide bonds. The van der Waals surface area contributed by atoms with Crippen LogP contribution in [0.15, 0.2) is 4.99 Å². The third-order valence-corrected chi connectivity index (χ3v) is 4.33. The normalized spacial score (nSPS) is 23.4. The van der Waals surface area contributed by atoms with Crippen LogP contribution in [0, 0.1) is 5.92 Å². The molecular formula is C12H27IN4O2S. The maximum absolute atomic E-state index is 11.3. The Bertz CT molecular complexity index is 410. The van der Waals surface area contributed by atoms with E-state index in [1.165, 1.54) is 6.26 Å². The van der Waals surface area contributed by atoms with Crippen molar-refractivity contribution in [1.29, 1.82) is 0 Å². The van der Waals surface area contributed by atoms with Gasteiger partial charge in [0.2, 0.25) is 10.0 Å². The molecule has 3 N–H and O–H groups in total. The van der Waals surface area contributed by atoms with Crippen molar-refractivity contribution in [2.75, 3.05) is 25.9 Å². The van der Waals surface area contributed by atoms with Crippen molar-refractivity contribution >= 4 is 40.0 Å². The van der Waals surface area contributed by atoms with Crippen LogP contribution in [-0.4, -0.2) is 51.2 Å². The lowest BCUT2D eigenvalue weighted by molar-refractivity contribution is 0.436. The summed E-state index contributed by atoms with van der Waals surface area (Å²) in [5.41, 5.74) is 5.93. The van der Waals surface area contributed by atoms with Crippen molar-refractivity contribution in [3.8, 4) is 0 Å². The van der Waals surface area contributed by atoms with Gasteiger partial charge in [-0.05, 0) is 32.6 Å². The Labute approximate surface area is 139 Å². The largest absolute Gasteiger partial charge is 0.370 e. The number of hydrogen-bond donors (Lipinski definition) is 2. The number of guanidine groups is 1. The molecule has 0 heterocycles. The van der Waals surface area contributed by atoms with Gasteiger partial charge in [0, 0.05) is 25.7 Å². The first-order valence-electron chi connectivity index (χ1n) is 6.89. The van der Waals surface area contributed by atoms with E-state index < -0.39 is 10.0 Å². The molecule has 1 saturated carbocycles. The van der Waals surface area contributed by atoms with Gasteiger partial charge in [-0.15, -0.1) is 24.0 Å². The number of hydrogen-bond acceptors (Lipinski definition) is 3. The van der Waals surface area contributed by atoms with Crippen molar-refractivity contribution in [3.63, 3.8) is 0 Å². The summed E-state index contributed by atoms with van der Waals surface area (Å²) in [6.45, 7) is 6.34. The Hall–Kier alpha value is -0.0900. The second-order valence-electron chi connectivity index (χ2n) is 5.06. The lowest BCUT2D eigenvalue weighted by Crippen LogP contribution is -2.40. The molecule has 1 fully saturated rings. The monoisotopic (exact) mass is 418 g/mol. The van der Waals surface area contributed by atoms with E-state index in [0.29, 0.717) is 12.5 Å². The quantitative estimate of drug-likeness (QED) is 0.383. The van der Waals surface area contributed by atoms with Gasteiger partial charge in [0.05, 0.1) is 6.26 Å². The van der Waals surface area contributed by atoms with Gasteiger partial charge in [0.25, 0.3) is 0 Å². The summed E-state index contributed by atoms with van der Waals surface area (Å²) in [6, 6.07) is 0.00301. The van der Waals surface area contributed by atoms with Crippen LogP contribution in [0.25, 0.3) is 0 Å². The van der Waals surface area contributed by atoms with Crippen LogP contribution >= 0.6 is 24.0 Å². The minimum atomic E-state index is -3.14.